The summed E-state index contributed by atoms with van der Waals surface area (Å²) in [5.41, 5.74) is 8.99. The Kier molecular flexibility index (Phi) is 6.83. The monoisotopic (exact) mass is 609 g/mol. The minimum atomic E-state index is -0.804. The molecule has 202 valence electrons. The first kappa shape index (κ1) is 26.0. The summed E-state index contributed by atoms with van der Waals surface area (Å²) in [7, 11) is 0. The molecular weight excluding hydrogens is 587 g/mol. The lowest BCUT2D eigenvalue weighted by Gasteiger charge is -2.22. The number of nitrogens with zero attached hydrogens (tertiary/aromatic N) is 3. The maximum atomic E-state index is 14.3. The van der Waals surface area contributed by atoms with E-state index < -0.39 is 6.17 Å². The highest BCUT2D eigenvalue weighted by Gasteiger charge is 2.27. The fourth-order valence-corrected chi connectivity index (χ4v) is 7.90. The molecule has 2 aromatic heterocycles. The summed E-state index contributed by atoms with van der Waals surface area (Å²) in [5.74, 6) is -0.189. The first-order valence-electron chi connectivity index (χ1n) is 13.1. The fourth-order valence-electron chi connectivity index (χ4n) is 5.18. The zero-order chi connectivity index (χ0) is 27.9. The highest BCUT2D eigenvalue weighted by Crippen LogP contribution is 2.31. The average molecular weight is 610 g/mol. The molecule has 0 saturated carbocycles. The summed E-state index contributed by atoms with van der Waals surface area (Å²) < 4.78 is 6.62. The van der Waals surface area contributed by atoms with Gasteiger partial charge in [0.2, 0.25) is 0 Å². The van der Waals surface area contributed by atoms with E-state index in [9.17, 15) is 4.79 Å². The molecule has 1 aliphatic heterocycles. The molecular formula is C31H23N5OS4. The number of carbonyl (C=O) groups is 1. The van der Waals surface area contributed by atoms with Crippen molar-refractivity contribution >= 4 is 84.8 Å². The molecule has 1 unspecified atom stereocenters. The van der Waals surface area contributed by atoms with Gasteiger partial charge in [-0.1, -0.05) is 66.7 Å². The van der Waals surface area contributed by atoms with Crippen molar-refractivity contribution < 1.29 is 4.79 Å². The van der Waals surface area contributed by atoms with Gasteiger partial charge in [0.1, 0.15) is 0 Å². The molecule has 6 nitrogen and oxygen atoms in total. The third-order valence-electron chi connectivity index (χ3n) is 7.19. The Labute approximate surface area is 254 Å². The third kappa shape index (κ3) is 4.82. The van der Waals surface area contributed by atoms with Crippen LogP contribution in [0.5, 0.6) is 0 Å². The van der Waals surface area contributed by atoms with Crippen LogP contribution < -0.4 is 10.7 Å². The molecule has 0 bridgehead atoms. The molecule has 1 aliphatic rings. The number of para-hydroxylation sites is 2. The Balaban J connectivity index is 1.23. The van der Waals surface area contributed by atoms with E-state index in [1.807, 2.05) is 95.6 Å². The SMILES string of the molecule is O=C(C(Nc1ccc(C2=NN[C@H](c3ccccc3)C2)cc1)n1c(=S)sc2ccccc21)n1c(=S)sc2ccccc21. The number of hydrogen-bond acceptors (Lipinski definition) is 8. The van der Waals surface area contributed by atoms with Crippen LogP contribution in [-0.4, -0.2) is 20.8 Å². The fraction of sp³-hybridized carbons (Fsp3) is 0.0968. The van der Waals surface area contributed by atoms with Gasteiger partial charge in [0.05, 0.1) is 32.2 Å². The molecule has 0 amide bonds. The molecule has 0 aliphatic carbocycles. The van der Waals surface area contributed by atoms with E-state index in [-0.39, 0.29) is 11.9 Å². The number of nitrogens with one attached hydrogen (secondary N) is 2. The molecule has 4 aromatic carbocycles. The molecule has 41 heavy (non-hydrogen) atoms. The quantitative estimate of drug-likeness (QED) is 0.185. The first-order valence-corrected chi connectivity index (χ1v) is 15.5. The summed E-state index contributed by atoms with van der Waals surface area (Å²) in [6, 6.07) is 34.3. The van der Waals surface area contributed by atoms with E-state index in [0.717, 1.165) is 43.8 Å². The van der Waals surface area contributed by atoms with Gasteiger partial charge in [0, 0.05) is 12.1 Å². The summed E-state index contributed by atoms with van der Waals surface area (Å²) in [5, 5.41) is 8.09. The Morgan fingerprint density at radius 1 is 0.829 bits per heavy atom. The lowest BCUT2D eigenvalue weighted by molar-refractivity contribution is 0.0862. The second-order valence-electron chi connectivity index (χ2n) is 9.69. The number of fused-ring (bicyclic) bond motifs is 2. The molecule has 2 N–H and O–H groups in total. The van der Waals surface area contributed by atoms with Gasteiger partial charge in [0.25, 0.3) is 5.91 Å². The first-order chi connectivity index (χ1) is 20.1. The predicted molar refractivity (Wildman–Crippen MR) is 174 cm³/mol. The highest BCUT2D eigenvalue weighted by atomic mass is 32.2. The molecule has 10 heteroatoms. The van der Waals surface area contributed by atoms with Gasteiger partial charge in [-0.2, -0.15) is 5.10 Å². The number of benzene rings is 4. The Morgan fingerprint density at radius 2 is 1.46 bits per heavy atom. The number of carbonyl (C=O) groups excluding carboxylic acids is 1. The van der Waals surface area contributed by atoms with Gasteiger partial charge >= 0.3 is 0 Å². The van der Waals surface area contributed by atoms with E-state index in [1.165, 1.54) is 28.2 Å². The van der Waals surface area contributed by atoms with Crippen molar-refractivity contribution in [3.63, 3.8) is 0 Å². The molecule has 3 heterocycles. The largest absolute Gasteiger partial charge is 0.357 e. The predicted octanol–water partition coefficient (Wildman–Crippen LogP) is 8.57. The zero-order valence-electron chi connectivity index (χ0n) is 21.6. The lowest BCUT2D eigenvalue weighted by atomic mass is 9.99. The van der Waals surface area contributed by atoms with E-state index in [2.05, 4.69) is 28.0 Å². The Hall–Kier alpha value is -3.96. The van der Waals surface area contributed by atoms with Gasteiger partial charge in [0.15, 0.2) is 14.1 Å². The smallest absolute Gasteiger partial charge is 0.276 e. The van der Waals surface area contributed by atoms with Crippen molar-refractivity contribution in [3.8, 4) is 0 Å². The van der Waals surface area contributed by atoms with Crippen LogP contribution in [0.4, 0.5) is 5.69 Å². The lowest BCUT2D eigenvalue weighted by Crippen LogP contribution is -2.31. The average Bonchev–Trinajstić information content (AvgIpc) is 3.71. The van der Waals surface area contributed by atoms with E-state index in [4.69, 9.17) is 24.4 Å². The van der Waals surface area contributed by atoms with E-state index in [1.54, 1.807) is 4.57 Å². The molecule has 6 aromatic rings. The summed E-state index contributed by atoms with van der Waals surface area (Å²) >= 11 is 14.4. The van der Waals surface area contributed by atoms with Crippen molar-refractivity contribution in [1.82, 2.24) is 14.6 Å². The number of anilines is 1. The van der Waals surface area contributed by atoms with Crippen molar-refractivity contribution in [3.05, 3.63) is 122 Å². The van der Waals surface area contributed by atoms with Crippen molar-refractivity contribution in [2.24, 2.45) is 5.10 Å². The van der Waals surface area contributed by atoms with Crippen LogP contribution in [0, 0.1) is 7.91 Å². The molecule has 0 fully saturated rings. The van der Waals surface area contributed by atoms with Crippen LogP contribution in [0.2, 0.25) is 0 Å². The Bertz CT molecular complexity index is 2050. The number of aromatic nitrogens is 2. The second kappa shape index (κ2) is 10.8. The number of hydrogen-bond donors (Lipinski definition) is 2. The molecule has 2 atom stereocenters. The van der Waals surface area contributed by atoms with Crippen LogP contribution in [0.15, 0.2) is 108 Å². The van der Waals surface area contributed by atoms with Crippen molar-refractivity contribution in [1.29, 1.82) is 0 Å². The minimum Gasteiger partial charge on any atom is -0.357 e. The zero-order valence-corrected chi connectivity index (χ0v) is 24.8. The van der Waals surface area contributed by atoms with Crippen molar-refractivity contribution in [2.45, 2.75) is 18.6 Å². The normalized spacial score (nSPS) is 15.5. The molecule has 7 rings (SSSR count). The van der Waals surface area contributed by atoms with E-state index in [0.29, 0.717) is 7.91 Å². The minimum absolute atomic E-state index is 0.157. The number of rotatable bonds is 6. The molecule has 0 radical (unpaired) electrons. The molecule has 0 spiro atoms. The third-order valence-corrected chi connectivity index (χ3v) is 9.93. The molecule has 0 saturated heterocycles. The maximum absolute atomic E-state index is 14.3. The van der Waals surface area contributed by atoms with Gasteiger partial charge in [-0.25, -0.2) is 0 Å². The standard InChI is InChI=1S/C31H23N5OS4/c37-29(36-25-11-5-7-13-27(25)41-31(36)39)28(35-24-10-4-6-12-26(24)40-30(35)38)32-21-16-14-20(15-17-21)23-18-22(33-34-23)19-8-2-1-3-9-19/h1-17,22,28,32-33H,18H2/t22-,28?/m0/s1. The summed E-state index contributed by atoms with van der Waals surface area (Å²) in [6.45, 7) is 0. The van der Waals surface area contributed by atoms with Crippen LogP contribution >= 0.6 is 47.1 Å². The maximum Gasteiger partial charge on any atom is 0.276 e. The van der Waals surface area contributed by atoms with Crippen molar-refractivity contribution in [2.75, 3.05) is 5.32 Å². The number of hydrazone groups is 1. The topological polar surface area (TPSA) is 63.4 Å². The number of thiazole rings is 2. The van der Waals surface area contributed by atoms with Gasteiger partial charge < -0.3 is 10.7 Å². The van der Waals surface area contributed by atoms with Crippen LogP contribution in [0.1, 0.15) is 34.5 Å². The van der Waals surface area contributed by atoms with E-state index >= 15 is 0 Å². The Morgan fingerprint density at radius 3 is 2.22 bits per heavy atom. The summed E-state index contributed by atoms with van der Waals surface area (Å²) in [4.78, 5) is 14.3. The van der Waals surface area contributed by atoms with Crippen LogP contribution in [-0.2, 0) is 0 Å². The van der Waals surface area contributed by atoms with Gasteiger partial charge in [-0.3, -0.25) is 13.9 Å². The highest BCUT2D eigenvalue weighted by molar-refractivity contribution is 7.74. The van der Waals surface area contributed by atoms with Gasteiger partial charge in [-0.15, -0.1) is 22.7 Å². The second-order valence-corrected chi connectivity index (χ2v) is 13.0. The van der Waals surface area contributed by atoms with Gasteiger partial charge in [-0.05, 0) is 72.0 Å². The summed E-state index contributed by atoms with van der Waals surface area (Å²) in [6.07, 6.45) is -0.000549. The van der Waals surface area contributed by atoms with Crippen LogP contribution in [0.3, 0.4) is 0 Å². The van der Waals surface area contributed by atoms with Crippen LogP contribution in [0.25, 0.3) is 20.4 Å².